The Hall–Kier alpha value is -1.37. The lowest BCUT2D eigenvalue weighted by atomic mass is 10.0. The Labute approximate surface area is 71.6 Å². The summed E-state index contributed by atoms with van der Waals surface area (Å²) >= 11 is 0. The molecular weight excluding hydrogens is 152 g/mol. The summed E-state index contributed by atoms with van der Waals surface area (Å²) in [4.78, 5) is 0. The molecule has 12 heavy (non-hydrogen) atoms. The Morgan fingerprint density at radius 3 is 2.33 bits per heavy atom. The van der Waals surface area contributed by atoms with E-state index in [0.717, 1.165) is 11.4 Å². The maximum atomic E-state index is 8.68. The maximum Gasteiger partial charge on any atom is 0.103 e. The number of nitriles is 1. The first-order chi connectivity index (χ1) is 5.66. The largest absolute Gasteiger partial charge is 0.198 e. The van der Waals surface area contributed by atoms with E-state index >= 15 is 0 Å². The molecule has 0 spiro atoms. The molecule has 1 atom stereocenters. The van der Waals surface area contributed by atoms with Crippen LogP contribution in [0.3, 0.4) is 0 Å². The van der Waals surface area contributed by atoms with Crippen LogP contribution in [0.15, 0.2) is 0 Å². The van der Waals surface area contributed by atoms with Crippen LogP contribution in [-0.4, -0.2) is 15.4 Å². The van der Waals surface area contributed by atoms with Gasteiger partial charge in [0.25, 0.3) is 0 Å². The third-order valence-electron chi connectivity index (χ3n) is 1.75. The van der Waals surface area contributed by atoms with E-state index < -0.39 is 0 Å². The van der Waals surface area contributed by atoms with Gasteiger partial charge in [0.15, 0.2) is 0 Å². The van der Waals surface area contributed by atoms with Crippen LogP contribution >= 0.6 is 0 Å². The zero-order valence-corrected chi connectivity index (χ0v) is 7.50. The minimum atomic E-state index is -0.179. The normalized spacial score (nSPS) is 12.9. The zero-order chi connectivity index (χ0) is 9.14. The summed E-state index contributed by atoms with van der Waals surface area (Å²) in [7, 11) is 0. The van der Waals surface area contributed by atoms with Crippen molar-refractivity contribution >= 4 is 0 Å². The monoisotopic (exact) mass is 164 g/mol. The molecule has 1 heterocycles. The van der Waals surface area contributed by atoms with Gasteiger partial charge in [-0.25, -0.2) is 0 Å². The molecule has 4 heteroatoms. The Kier molecular flexibility index (Phi) is 2.44. The van der Waals surface area contributed by atoms with E-state index in [1.165, 1.54) is 0 Å². The van der Waals surface area contributed by atoms with Gasteiger partial charge >= 0.3 is 0 Å². The van der Waals surface area contributed by atoms with Crippen LogP contribution < -0.4 is 0 Å². The quantitative estimate of drug-likeness (QED) is 0.721. The number of H-pyrrole nitrogens is 1. The van der Waals surface area contributed by atoms with Crippen molar-refractivity contribution in [2.45, 2.75) is 32.6 Å². The predicted molar refractivity (Wildman–Crippen MR) is 44.5 cm³/mol. The van der Waals surface area contributed by atoms with E-state index in [4.69, 9.17) is 5.26 Å². The fourth-order valence-electron chi connectivity index (χ4n) is 1.05. The fraction of sp³-hybridized carbons (Fsp3) is 0.625. The van der Waals surface area contributed by atoms with Gasteiger partial charge in [-0.05, 0) is 12.8 Å². The topological polar surface area (TPSA) is 65.4 Å². The molecule has 1 aromatic heterocycles. The second kappa shape index (κ2) is 3.35. The number of rotatable bonds is 2. The molecule has 0 aliphatic rings. The van der Waals surface area contributed by atoms with Crippen molar-refractivity contribution < 1.29 is 0 Å². The molecule has 0 saturated heterocycles. The Morgan fingerprint density at radius 1 is 1.25 bits per heavy atom. The van der Waals surface area contributed by atoms with Crippen LogP contribution in [-0.2, 0) is 0 Å². The molecule has 0 aliphatic carbocycles. The minimum Gasteiger partial charge on any atom is -0.198 e. The van der Waals surface area contributed by atoms with Crippen LogP contribution in [0.4, 0.5) is 0 Å². The number of hydrogen-bond acceptors (Lipinski definition) is 3. The molecule has 1 N–H and O–H groups in total. The number of aromatic amines is 1. The molecule has 1 unspecified atom stereocenters. The van der Waals surface area contributed by atoms with E-state index in [2.05, 4.69) is 21.5 Å². The van der Waals surface area contributed by atoms with Gasteiger partial charge < -0.3 is 0 Å². The summed E-state index contributed by atoms with van der Waals surface area (Å²) in [6, 6.07) is 2.14. The van der Waals surface area contributed by atoms with Gasteiger partial charge in [-0.3, -0.25) is 0 Å². The molecule has 0 saturated carbocycles. The average molecular weight is 164 g/mol. The average Bonchev–Trinajstić information content (AvgIpc) is 2.50. The Bertz CT molecular complexity index is 294. The Morgan fingerprint density at radius 2 is 1.83 bits per heavy atom. The number of aromatic nitrogens is 3. The van der Waals surface area contributed by atoms with E-state index in [1.54, 1.807) is 0 Å². The fourth-order valence-corrected chi connectivity index (χ4v) is 1.05. The molecular formula is C8H12N4. The molecule has 0 bridgehead atoms. The maximum absolute atomic E-state index is 8.68. The van der Waals surface area contributed by atoms with Gasteiger partial charge in [0.2, 0.25) is 0 Å². The molecule has 64 valence electrons. The zero-order valence-electron chi connectivity index (χ0n) is 7.50. The highest BCUT2D eigenvalue weighted by Gasteiger charge is 2.16. The van der Waals surface area contributed by atoms with Gasteiger partial charge in [0.1, 0.15) is 5.69 Å². The predicted octanol–water partition coefficient (Wildman–Crippen LogP) is 1.56. The van der Waals surface area contributed by atoms with Crippen molar-refractivity contribution in [1.82, 2.24) is 15.4 Å². The van der Waals surface area contributed by atoms with Gasteiger partial charge in [-0.2, -0.15) is 20.7 Å². The molecule has 1 rings (SSSR count). The van der Waals surface area contributed by atoms with Gasteiger partial charge in [-0.15, -0.1) is 0 Å². The molecule has 0 radical (unpaired) electrons. The second-order valence-electron chi connectivity index (χ2n) is 3.10. The summed E-state index contributed by atoms with van der Waals surface area (Å²) in [5.41, 5.74) is 1.66. The number of nitrogens with one attached hydrogen (secondary N) is 1. The standard InChI is InChI=1S/C8H12N4/c1-5(2)7-8(6(3)4-9)11-12-10-7/h5-6H,1-3H3,(H,10,11,12). The molecule has 0 aromatic carbocycles. The highest BCUT2D eigenvalue weighted by Crippen LogP contribution is 2.20. The van der Waals surface area contributed by atoms with E-state index in [9.17, 15) is 0 Å². The van der Waals surface area contributed by atoms with Crippen LogP contribution in [0.1, 0.15) is 44.0 Å². The highest BCUT2D eigenvalue weighted by molar-refractivity contribution is 5.21. The SMILES string of the molecule is CC(C)c1n[nH]nc1C(C)C#N. The van der Waals surface area contributed by atoms with Gasteiger partial charge in [0.05, 0.1) is 17.7 Å². The molecule has 1 aromatic rings. The van der Waals surface area contributed by atoms with Crippen molar-refractivity contribution in [3.63, 3.8) is 0 Å². The first-order valence-corrected chi connectivity index (χ1v) is 3.97. The summed E-state index contributed by atoms with van der Waals surface area (Å²) in [5.74, 6) is 0.135. The van der Waals surface area contributed by atoms with Crippen molar-refractivity contribution in [3.05, 3.63) is 11.4 Å². The third kappa shape index (κ3) is 1.45. The smallest absolute Gasteiger partial charge is 0.103 e. The van der Waals surface area contributed by atoms with Crippen molar-refractivity contribution in [2.24, 2.45) is 0 Å². The van der Waals surface area contributed by atoms with Crippen molar-refractivity contribution in [2.75, 3.05) is 0 Å². The van der Waals surface area contributed by atoms with E-state index in [1.807, 2.05) is 20.8 Å². The highest BCUT2D eigenvalue weighted by atomic mass is 15.3. The van der Waals surface area contributed by atoms with Crippen molar-refractivity contribution in [1.29, 1.82) is 5.26 Å². The van der Waals surface area contributed by atoms with Crippen LogP contribution in [0.5, 0.6) is 0 Å². The summed E-state index contributed by atoms with van der Waals surface area (Å²) < 4.78 is 0. The molecule has 0 amide bonds. The van der Waals surface area contributed by atoms with Crippen LogP contribution in [0.25, 0.3) is 0 Å². The van der Waals surface area contributed by atoms with E-state index in [0.29, 0.717) is 5.92 Å². The van der Waals surface area contributed by atoms with E-state index in [-0.39, 0.29) is 5.92 Å². The van der Waals surface area contributed by atoms with Crippen LogP contribution in [0.2, 0.25) is 0 Å². The second-order valence-corrected chi connectivity index (χ2v) is 3.10. The first-order valence-electron chi connectivity index (χ1n) is 3.97. The number of nitrogens with zero attached hydrogens (tertiary/aromatic N) is 3. The summed E-state index contributed by atoms with van der Waals surface area (Å²) in [6.07, 6.45) is 0. The summed E-state index contributed by atoms with van der Waals surface area (Å²) in [5, 5.41) is 19.2. The third-order valence-corrected chi connectivity index (χ3v) is 1.75. The number of hydrogen-bond donors (Lipinski definition) is 1. The van der Waals surface area contributed by atoms with Gasteiger partial charge in [0, 0.05) is 0 Å². The summed E-state index contributed by atoms with van der Waals surface area (Å²) in [6.45, 7) is 5.89. The Balaban J connectivity index is 3.01. The first kappa shape index (κ1) is 8.72. The lowest BCUT2D eigenvalue weighted by Gasteiger charge is -2.03. The molecule has 0 fully saturated rings. The van der Waals surface area contributed by atoms with Crippen molar-refractivity contribution in [3.8, 4) is 6.07 Å². The molecule has 4 nitrogen and oxygen atoms in total. The lowest BCUT2D eigenvalue weighted by molar-refractivity contribution is 0.787. The van der Waals surface area contributed by atoms with Crippen LogP contribution in [0, 0.1) is 11.3 Å². The minimum absolute atomic E-state index is 0.179. The molecule has 0 aliphatic heterocycles. The van der Waals surface area contributed by atoms with Gasteiger partial charge in [-0.1, -0.05) is 13.8 Å². The lowest BCUT2D eigenvalue weighted by Crippen LogP contribution is -1.98.